The summed E-state index contributed by atoms with van der Waals surface area (Å²) in [6.07, 6.45) is 1.32. The number of hydrogen-bond donors (Lipinski definition) is 0. The van der Waals surface area contributed by atoms with Crippen molar-refractivity contribution in [2.45, 2.75) is 6.92 Å². The molecule has 0 amide bonds. The maximum absolute atomic E-state index is 11.5. The van der Waals surface area contributed by atoms with Crippen molar-refractivity contribution in [1.82, 2.24) is 4.98 Å². The van der Waals surface area contributed by atoms with Gasteiger partial charge in [0.2, 0.25) is 0 Å². The predicted octanol–water partition coefficient (Wildman–Crippen LogP) is 2.58. The number of carbonyl (C=O) groups excluding carboxylic acids is 1. The molecule has 0 aliphatic carbocycles. The first-order valence-electron chi connectivity index (χ1n) is 4.71. The van der Waals surface area contributed by atoms with Gasteiger partial charge in [-0.25, -0.2) is 9.78 Å². The minimum Gasteiger partial charge on any atom is -0.460 e. The molecule has 1 heterocycles. The quantitative estimate of drug-likeness (QED) is 0.466. The lowest BCUT2D eigenvalue weighted by molar-refractivity contribution is 0.0335. The Balaban J connectivity index is 2.50. The SMILES string of the molecule is CCOCCOC(=O)c1cnc(Cl)c(Cl)c1. The number of ether oxygens (including phenoxy) is 2. The van der Waals surface area contributed by atoms with Crippen LogP contribution >= 0.6 is 23.2 Å². The highest BCUT2D eigenvalue weighted by atomic mass is 35.5. The zero-order chi connectivity index (χ0) is 12.0. The van der Waals surface area contributed by atoms with Crippen molar-refractivity contribution in [2.75, 3.05) is 19.8 Å². The first kappa shape index (κ1) is 13.2. The molecule has 88 valence electrons. The predicted molar refractivity (Wildman–Crippen MR) is 61.0 cm³/mol. The van der Waals surface area contributed by atoms with E-state index in [1.807, 2.05) is 6.92 Å². The summed E-state index contributed by atoms with van der Waals surface area (Å²) in [5.41, 5.74) is 0.269. The van der Waals surface area contributed by atoms with Gasteiger partial charge in [-0.15, -0.1) is 0 Å². The minimum absolute atomic E-state index is 0.160. The van der Waals surface area contributed by atoms with Gasteiger partial charge in [0.15, 0.2) is 0 Å². The summed E-state index contributed by atoms with van der Waals surface area (Å²) in [7, 11) is 0. The van der Waals surface area contributed by atoms with Crippen LogP contribution in [0.5, 0.6) is 0 Å². The van der Waals surface area contributed by atoms with E-state index in [0.717, 1.165) is 0 Å². The maximum atomic E-state index is 11.5. The third-order valence-electron chi connectivity index (χ3n) is 1.70. The normalized spacial score (nSPS) is 10.2. The van der Waals surface area contributed by atoms with Crippen molar-refractivity contribution in [1.29, 1.82) is 0 Å². The Hall–Kier alpha value is -0.840. The van der Waals surface area contributed by atoms with Gasteiger partial charge in [-0.2, -0.15) is 0 Å². The highest BCUT2D eigenvalue weighted by Crippen LogP contribution is 2.19. The standard InChI is InChI=1S/C10H11Cl2NO3/c1-2-15-3-4-16-10(14)7-5-8(11)9(12)13-6-7/h5-6H,2-4H2,1H3. The average Bonchev–Trinajstić information content (AvgIpc) is 2.28. The zero-order valence-corrected chi connectivity index (χ0v) is 10.2. The van der Waals surface area contributed by atoms with Crippen LogP contribution in [0.25, 0.3) is 0 Å². The Morgan fingerprint density at radius 1 is 1.44 bits per heavy atom. The number of nitrogens with zero attached hydrogens (tertiary/aromatic N) is 1. The van der Waals surface area contributed by atoms with E-state index in [1.165, 1.54) is 12.3 Å². The highest BCUT2D eigenvalue weighted by molar-refractivity contribution is 6.41. The maximum Gasteiger partial charge on any atom is 0.339 e. The van der Waals surface area contributed by atoms with Crippen LogP contribution < -0.4 is 0 Å². The Bertz CT molecular complexity index is 371. The van der Waals surface area contributed by atoms with E-state index in [-0.39, 0.29) is 22.3 Å². The van der Waals surface area contributed by atoms with Crippen LogP contribution in [0.1, 0.15) is 17.3 Å². The Morgan fingerprint density at radius 3 is 2.81 bits per heavy atom. The summed E-state index contributed by atoms with van der Waals surface area (Å²) in [6.45, 7) is 3.03. The summed E-state index contributed by atoms with van der Waals surface area (Å²) >= 11 is 11.3. The fraction of sp³-hybridized carbons (Fsp3) is 0.400. The Morgan fingerprint density at radius 2 is 2.19 bits per heavy atom. The van der Waals surface area contributed by atoms with Crippen LogP contribution in [0.15, 0.2) is 12.3 Å². The van der Waals surface area contributed by atoms with E-state index in [9.17, 15) is 4.79 Å². The monoisotopic (exact) mass is 263 g/mol. The minimum atomic E-state index is -0.495. The van der Waals surface area contributed by atoms with Gasteiger partial charge in [0, 0.05) is 12.8 Å². The highest BCUT2D eigenvalue weighted by Gasteiger charge is 2.09. The molecule has 4 nitrogen and oxygen atoms in total. The van der Waals surface area contributed by atoms with Crippen molar-refractivity contribution in [2.24, 2.45) is 0 Å². The van der Waals surface area contributed by atoms with Crippen LogP contribution in [0.2, 0.25) is 10.2 Å². The molecule has 0 atom stereocenters. The van der Waals surface area contributed by atoms with Crippen molar-refractivity contribution in [3.8, 4) is 0 Å². The molecule has 16 heavy (non-hydrogen) atoms. The van der Waals surface area contributed by atoms with Crippen molar-refractivity contribution >= 4 is 29.2 Å². The second-order valence-electron chi connectivity index (χ2n) is 2.83. The van der Waals surface area contributed by atoms with Gasteiger partial charge in [-0.3, -0.25) is 0 Å². The number of halogens is 2. The van der Waals surface area contributed by atoms with E-state index in [4.69, 9.17) is 32.7 Å². The number of pyridine rings is 1. The molecule has 1 aromatic rings. The van der Waals surface area contributed by atoms with Gasteiger partial charge in [-0.1, -0.05) is 23.2 Å². The topological polar surface area (TPSA) is 48.4 Å². The van der Waals surface area contributed by atoms with E-state index in [1.54, 1.807) is 0 Å². The molecule has 0 aliphatic rings. The second kappa shape index (κ2) is 6.68. The summed E-state index contributed by atoms with van der Waals surface area (Å²) in [6, 6.07) is 1.42. The van der Waals surface area contributed by atoms with E-state index < -0.39 is 5.97 Å². The third-order valence-corrected chi connectivity index (χ3v) is 2.38. The lowest BCUT2D eigenvalue weighted by Crippen LogP contribution is -2.11. The molecule has 0 radical (unpaired) electrons. The summed E-state index contributed by atoms with van der Waals surface area (Å²) < 4.78 is 9.94. The average molecular weight is 264 g/mol. The molecular formula is C10H11Cl2NO3. The van der Waals surface area contributed by atoms with Gasteiger partial charge >= 0.3 is 5.97 Å². The Kier molecular flexibility index (Phi) is 5.52. The van der Waals surface area contributed by atoms with Crippen LogP contribution in [0, 0.1) is 0 Å². The molecule has 0 spiro atoms. The molecule has 0 aromatic carbocycles. The van der Waals surface area contributed by atoms with Crippen LogP contribution in [-0.2, 0) is 9.47 Å². The van der Waals surface area contributed by atoms with Gasteiger partial charge in [0.25, 0.3) is 0 Å². The smallest absolute Gasteiger partial charge is 0.339 e. The van der Waals surface area contributed by atoms with Gasteiger partial charge in [0.05, 0.1) is 17.2 Å². The Labute approximate surface area is 103 Å². The first-order valence-corrected chi connectivity index (χ1v) is 5.46. The molecule has 0 fully saturated rings. The molecule has 0 saturated heterocycles. The summed E-state index contributed by atoms with van der Waals surface area (Å²) in [5, 5.41) is 0.383. The zero-order valence-electron chi connectivity index (χ0n) is 8.70. The molecule has 1 aromatic heterocycles. The second-order valence-corrected chi connectivity index (χ2v) is 3.59. The molecule has 0 aliphatic heterocycles. The number of rotatable bonds is 5. The van der Waals surface area contributed by atoms with Gasteiger partial charge in [-0.05, 0) is 13.0 Å². The van der Waals surface area contributed by atoms with Crippen LogP contribution in [-0.4, -0.2) is 30.8 Å². The first-order chi connectivity index (χ1) is 7.65. The molecule has 0 N–H and O–H groups in total. The molecule has 6 heteroatoms. The molecule has 0 bridgehead atoms. The molecule has 0 unspecified atom stereocenters. The van der Waals surface area contributed by atoms with Crippen molar-refractivity contribution < 1.29 is 14.3 Å². The largest absolute Gasteiger partial charge is 0.460 e. The number of esters is 1. The molecule has 0 saturated carbocycles. The fourth-order valence-electron chi connectivity index (χ4n) is 0.954. The van der Waals surface area contributed by atoms with Gasteiger partial charge in [0.1, 0.15) is 11.8 Å². The summed E-state index contributed by atoms with van der Waals surface area (Å²) in [5.74, 6) is -0.495. The lowest BCUT2D eigenvalue weighted by Gasteiger charge is -2.05. The van der Waals surface area contributed by atoms with Crippen LogP contribution in [0.4, 0.5) is 0 Å². The van der Waals surface area contributed by atoms with Crippen molar-refractivity contribution in [3.63, 3.8) is 0 Å². The number of carbonyl (C=O) groups is 1. The molecule has 1 rings (SSSR count). The number of aromatic nitrogens is 1. The van der Waals surface area contributed by atoms with Gasteiger partial charge < -0.3 is 9.47 Å². The van der Waals surface area contributed by atoms with E-state index >= 15 is 0 Å². The number of hydrogen-bond acceptors (Lipinski definition) is 4. The summed E-state index contributed by atoms with van der Waals surface area (Å²) in [4.78, 5) is 15.2. The van der Waals surface area contributed by atoms with E-state index in [0.29, 0.717) is 13.2 Å². The molecular weight excluding hydrogens is 253 g/mol. The van der Waals surface area contributed by atoms with E-state index in [2.05, 4.69) is 4.98 Å². The fourth-order valence-corrected chi connectivity index (χ4v) is 1.22. The lowest BCUT2D eigenvalue weighted by atomic mass is 10.3. The van der Waals surface area contributed by atoms with Crippen molar-refractivity contribution in [3.05, 3.63) is 28.0 Å². The third kappa shape index (κ3) is 3.96. The van der Waals surface area contributed by atoms with Crippen LogP contribution in [0.3, 0.4) is 0 Å².